The normalized spacial score (nSPS) is 15.1. The van der Waals surface area contributed by atoms with Crippen molar-refractivity contribution in [3.63, 3.8) is 0 Å². The minimum absolute atomic E-state index is 0.0219. The van der Waals surface area contributed by atoms with Crippen LogP contribution in [0.15, 0.2) is 36.4 Å². The van der Waals surface area contributed by atoms with E-state index < -0.39 is 23.5 Å². The third kappa shape index (κ3) is 2.70. The van der Waals surface area contributed by atoms with Crippen LogP contribution < -0.4 is 5.48 Å². The third-order valence-electron chi connectivity index (χ3n) is 4.39. The van der Waals surface area contributed by atoms with Crippen molar-refractivity contribution < 1.29 is 19.6 Å². The highest BCUT2D eigenvalue weighted by Gasteiger charge is 2.37. The quantitative estimate of drug-likeness (QED) is 0.377. The number of ketones is 2. The average molecular weight is 326 g/mol. The topological polar surface area (TPSA) is 86.7 Å². The van der Waals surface area contributed by atoms with Gasteiger partial charge in [0, 0.05) is 19.5 Å². The molecule has 2 N–H and O–H groups in total. The Bertz CT molecular complexity index is 790. The summed E-state index contributed by atoms with van der Waals surface area (Å²) in [5.74, 6) is -2.30. The zero-order chi connectivity index (χ0) is 17.3. The molecule has 0 aliphatic carbocycles. The largest absolute Gasteiger partial charge is 0.291 e. The first-order valence-electron chi connectivity index (χ1n) is 7.81. The number of nitrogens with zero attached hydrogens (tertiary/aromatic N) is 1. The van der Waals surface area contributed by atoms with Crippen LogP contribution in [0.3, 0.4) is 0 Å². The van der Waals surface area contributed by atoms with Gasteiger partial charge in [0.05, 0.1) is 0 Å². The summed E-state index contributed by atoms with van der Waals surface area (Å²) >= 11 is 0. The highest BCUT2D eigenvalue weighted by Crippen LogP contribution is 2.31. The van der Waals surface area contributed by atoms with E-state index in [0.717, 1.165) is 21.9 Å². The summed E-state index contributed by atoms with van der Waals surface area (Å²) in [7, 11) is 0. The van der Waals surface area contributed by atoms with Gasteiger partial charge in [-0.05, 0) is 21.9 Å². The second-order valence-corrected chi connectivity index (χ2v) is 5.86. The Morgan fingerprint density at radius 3 is 2.21 bits per heavy atom. The van der Waals surface area contributed by atoms with Gasteiger partial charge in [-0.15, -0.1) is 0 Å². The fraction of sp³-hybridized carbons (Fsp3) is 0.278. The lowest BCUT2D eigenvalue weighted by atomic mass is 9.93. The van der Waals surface area contributed by atoms with E-state index in [2.05, 4.69) is 0 Å². The van der Waals surface area contributed by atoms with E-state index in [4.69, 9.17) is 5.21 Å². The molecule has 0 saturated carbocycles. The van der Waals surface area contributed by atoms with Gasteiger partial charge in [-0.2, -0.15) is 0 Å². The van der Waals surface area contributed by atoms with E-state index in [0.29, 0.717) is 13.1 Å². The summed E-state index contributed by atoms with van der Waals surface area (Å²) in [5.41, 5.74) is 3.49. The molecule has 3 rings (SSSR count). The Labute approximate surface area is 139 Å². The highest BCUT2D eigenvalue weighted by atomic mass is 16.5. The van der Waals surface area contributed by atoms with Crippen LogP contribution in [-0.4, -0.2) is 33.6 Å². The Kier molecular flexibility index (Phi) is 4.42. The molecule has 0 fully saturated rings. The molecule has 0 saturated heterocycles. The molecule has 1 atom stereocenters. The van der Waals surface area contributed by atoms with E-state index in [1.54, 1.807) is 11.8 Å². The standard InChI is InChI=1S/C18H18N2O4/c1-2-14(21)17(22)16(18(23)19-24)20-9-12-7-3-5-11-6-4-8-13(10-20)15(11)12/h3-8,16,24H,2,9-10H2,1H3,(H,19,23). The number of benzene rings is 2. The van der Waals surface area contributed by atoms with Gasteiger partial charge in [-0.3, -0.25) is 24.5 Å². The van der Waals surface area contributed by atoms with E-state index in [9.17, 15) is 14.4 Å². The highest BCUT2D eigenvalue weighted by molar-refractivity contribution is 6.42. The van der Waals surface area contributed by atoms with Crippen LogP contribution in [-0.2, 0) is 27.5 Å². The van der Waals surface area contributed by atoms with Gasteiger partial charge >= 0.3 is 0 Å². The van der Waals surface area contributed by atoms with Crippen LogP contribution in [0.4, 0.5) is 0 Å². The van der Waals surface area contributed by atoms with Crippen LogP contribution in [0.25, 0.3) is 10.8 Å². The second-order valence-electron chi connectivity index (χ2n) is 5.86. The molecule has 1 heterocycles. The summed E-state index contributed by atoms with van der Waals surface area (Å²) in [6.07, 6.45) is 0.0219. The monoisotopic (exact) mass is 326 g/mol. The minimum atomic E-state index is -1.33. The summed E-state index contributed by atoms with van der Waals surface area (Å²) in [5, 5.41) is 11.2. The van der Waals surface area contributed by atoms with Crippen molar-refractivity contribution in [2.75, 3.05) is 0 Å². The summed E-state index contributed by atoms with van der Waals surface area (Å²) in [4.78, 5) is 37.9. The lowest BCUT2D eigenvalue weighted by molar-refractivity contribution is -0.148. The second kappa shape index (κ2) is 6.51. The van der Waals surface area contributed by atoms with E-state index in [1.807, 2.05) is 36.4 Å². The lowest BCUT2D eigenvalue weighted by Gasteiger charge is -2.33. The molecule has 1 unspecified atom stereocenters. The molecule has 1 aliphatic rings. The van der Waals surface area contributed by atoms with Gasteiger partial charge in [-0.1, -0.05) is 43.3 Å². The molecule has 124 valence electrons. The molecule has 0 bridgehead atoms. The first-order chi connectivity index (χ1) is 11.6. The Balaban J connectivity index is 2.01. The smallest absolute Gasteiger partial charge is 0.268 e. The van der Waals surface area contributed by atoms with Crippen LogP contribution >= 0.6 is 0 Å². The summed E-state index contributed by atoms with van der Waals surface area (Å²) < 4.78 is 0. The van der Waals surface area contributed by atoms with Crippen molar-refractivity contribution in [1.82, 2.24) is 10.4 Å². The first-order valence-corrected chi connectivity index (χ1v) is 7.81. The van der Waals surface area contributed by atoms with Crippen LogP contribution in [0.2, 0.25) is 0 Å². The van der Waals surface area contributed by atoms with E-state index in [1.165, 1.54) is 5.48 Å². The third-order valence-corrected chi connectivity index (χ3v) is 4.39. The predicted molar refractivity (Wildman–Crippen MR) is 87.2 cm³/mol. The number of hydroxylamine groups is 1. The number of hydrogen-bond acceptors (Lipinski definition) is 5. The fourth-order valence-electron chi connectivity index (χ4n) is 3.28. The van der Waals surface area contributed by atoms with Crippen molar-refractivity contribution in [3.05, 3.63) is 47.5 Å². The molecule has 0 spiro atoms. The molecule has 0 radical (unpaired) electrons. The molecule has 2 aromatic carbocycles. The molecule has 24 heavy (non-hydrogen) atoms. The maximum atomic E-state index is 12.4. The molecule has 6 heteroatoms. The van der Waals surface area contributed by atoms with Gasteiger partial charge in [0.2, 0.25) is 5.78 Å². The SMILES string of the molecule is CCC(=O)C(=O)C(C(=O)NO)N1Cc2cccc3cccc(c23)C1. The zero-order valence-corrected chi connectivity index (χ0v) is 13.3. The lowest BCUT2D eigenvalue weighted by Crippen LogP contribution is -2.53. The maximum absolute atomic E-state index is 12.4. The number of hydrogen-bond donors (Lipinski definition) is 2. The van der Waals surface area contributed by atoms with Crippen molar-refractivity contribution in [2.24, 2.45) is 0 Å². The van der Waals surface area contributed by atoms with Crippen molar-refractivity contribution >= 4 is 28.2 Å². The first kappa shape index (κ1) is 16.3. The summed E-state index contributed by atoms with van der Waals surface area (Å²) in [6.45, 7) is 2.28. The van der Waals surface area contributed by atoms with Crippen molar-refractivity contribution in [2.45, 2.75) is 32.5 Å². The van der Waals surface area contributed by atoms with E-state index >= 15 is 0 Å². The molecule has 1 aliphatic heterocycles. The molecule has 6 nitrogen and oxygen atoms in total. The summed E-state index contributed by atoms with van der Waals surface area (Å²) in [6, 6.07) is 10.4. The van der Waals surface area contributed by atoms with E-state index in [-0.39, 0.29) is 6.42 Å². The van der Waals surface area contributed by atoms with Gasteiger partial charge < -0.3 is 0 Å². The van der Waals surface area contributed by atoms with Crippen LogP contribution in [0, 0.1) is 0 Å². The van der Waals surface area contributed by atoms with Gasteiger partial charge in [0.1, 0.15) is 0 Å². The van der Waals surface area contributed by atoms with Crippen molar-refractivity contribution in [3.8, 4) is 0 Å². The fourth-order valence-corrected chi connectivity index (χ4v) is 3.28. The Morgan fingerprint density at radius 1 is 1.12 bits per heavy atom. The van der Waals surface area contributed by atoms with Gasteiger partial charge in [0.25, 0.3) is 5.91 Å². The number of Topliss-reactive ketones (excluding diaryl/α,β-unsaturated/α-hetero) is 2. The molecular formula is C18H18N2O4. The van der Waals surface area contributed by atoms with Crippen LogP contribution in [0.1, 0.15) is 24.5 Å². The molecular weight excluding hydrogens is 308 g/mol. The predicted octanol–water partition coefficient (Wildman–Crippen LogP) is 1.58. The number of rotatable bonds is 5. The average Bonchev–Trinajstić information content (AvgIpc) is 2.61. The minimum Gasteiger partial charge on any atom is -0.291 e. The molecule has 1 amide bonds. The van der Waals surface area contributed by atoms with Crippen molar-refractivity contribution in [1.29, 1.82) is 0 Å². The Morgan fingerprint density at radius 2 is 1.71 bits per heavy atom. The maximum Gasteiger partial charge on any atom is 0.268 e. The zero-order valence-electron chi connectivity index (χ0n) is 13.3. The number of amides is 1. The van der Waals surface area contributed by atoms with Gasteiger partial charge in [0.15, 0.2) is 11.8 Å². The number of nitrogens with one attached hydrogen (secondary N) is 1. The molecule has 0 aromatic heterocycles. The molecule has 2 aromatic rings. The number of carbonyl (C=O) groups is 3. The number of carbonyl (C=O) groups excluding carboxylic acids is 3. The Hall–Kier alpha value is -2.57. The van der Waals surface area contributed by atoms with Gasteiger partial charge in [-0.25, -0.2) is 5.48 Å². The van der Waals surface area contributed by atoms with Crippen LogP contribution in [0.5, 0.6) is 0 Å².